The van der Waals surface area contributed by atoms with Gasteiger partial charge < -0.3 is 5.11 Å². The predicted octanol–water partition coefficient (Wildman–Crippen LogP) is 1.16. The fourth-order valence-corrected chi connectivity index (χ4v) is 4.60. The van der Waals surface area contributed by atoms with Gasteiger partial charge in [-0.3, -0.25) is 4.79 Å². The van der Waals surface area contributed by atoms with Crippen molar-refractivity contribution in [2.24, 2.45) is 0 Å². The Hall–Kier alpha value is -0.480. The Morgan fingerprint density at radius 2 is 2.05 bits per heavy atom. The number of carboxylic acids is 1. The molecule has 0 aliphatic carbocycles. The third kappa shape index (κ3) is 5.19. The fraction of sp³-hybridized carbons (Fsp3) is 0.889. The Morgan fingerprint density at radius 3 is 2.58 bits per heavy atom. The highest BCUT2D eigenvalue weighted by atomic mass is 32.2. The van der Waals surface area contributed by atoms with Gasteiger partial charge in [0.2, 0.25) is 10.0 Å². The van der Waals surface area contributed by atoms with Crippen LogP contribution in [0.25, 0.3) is 0 Å². The highest BCUT2D eigenvalue weighted by Crippen LogP contribution is 2.24. The molecule has 1 heterocycles. The van der Waals surface area contributed by atoms with Crippen molar-refractivity contribution < 1.29 is 31.5 Å². The summed E-state index contributed by atoms with van der Waals surface area (Å²) in [6, 6.07) is -1.19. The van der Waals surface area contributed by atoms with Gasteiger partial charge in [0.15, 0.2) is 0 Å². The van der Waals surface area contributed by atoms with Crippen molar-refractivity contribution in [1.29, 1.82) is 0 Å². The van der Waals surface area contributed by atoms with Crippen LogP contribution >= 0.6 is 11.8 Å². The zero-order valence-electron chi connectivity index (χ0n) is 9.89. The normalized spacial score (nSPS) is 22.4. The molecular formula is C9H14F3NO4S2. The average Bonchev–Trinajstić information content (AvgIpc) is 2.27. The summed E-state index contributed by atoms with van der Waals surface area (Å²) in [6.45, 7) is 0.0238. The number of sulfonamides is 1. The lowest BCUT2D eigenvalue weighted by Crippen LogP contribution is -2.50. The number of aliphatic carboxylic acids is 1. The van der Waals surface area contributed by atoms with Crippen LogP contribution in [0.5, 0.6) is 0 Å². The molecule has 5 nitrogen and oxygen atoms in total. The van der Waals surface area contributed by atoms with Crippen LogP contribution in [0.15, 0.2) is 0 Å². The number of thioether (sulfide) groups is 1. The van der Waals surface area contributed by atoms with Crippen LogP contribution < -0.4 is 0 Å². The molecule has 0 aromatic rings. The molecule has 0 radical (unpaired) electrons. The van der Waals surface area contributed by atoms with Gasteiger partial charge in [-0.15, -0.1) is 0 Å². The first kappa shape index (κ1) is 16.6. The van der Waals surface area contributed by atoms with Crippen molar-refractivity contribution in [3.8, 4) is 0 Å². The number of halogens is 3. The molecule has 0 bridgehead atoms. The van der Waals surface area contributed by atoms with Crippen LogP contribution in [0.1, 0.15) is 12.8 Å². The van der Waals surface area contributed by atoms with E-state index >= 15 is 0 Å². The Labute approximate surface area is 113 Å². The first-order valence-electron chi connectivity index (χ1n) is 5.50. The van der Waals surface area contributed by atoms with Crippen molar-refractivity contribution in [2.75, 3.05) is 23.8 Å². The van der Waals surface area contributed by atoms with E-state index in [1.807, 2.05) is 0 Å². The van der Waals surface area contributed by atoms with E-state index in [1.165, 1.54) is 11.8 Å². The number of carboxylic acid groups (broad SMARTS) is 1. The number of alkyl halides is 3. The van der Waals surface area contributed by atoms with Gasteiger partial charge in [-0.2, -0.15) is 29.2 Å². The molecule has 1 rings (SSSR count). The lowest BCUT2D eigenvalue weighted by Gasteiger charge is -2.31. The second-order valence-corrected chi connectivity index (χ2v) is 7.27. The van der Waals surface area contributed by atoms with Crippen LogP contribution in [0.3, 0.4) is 0 Å². The fourth-order valence-electron chi connectivity index (χ4n) is 1.69. The molecule has 0 spiro atoms. The highest BCUT2D eigenvalue weighted by Gasteiger charge is 2.37. The Balaban J connectivity index is 2.66. The summed E-state index contributed by atoms with van der Waals surface area (Å²) in [5.41, 5.74) is 0. The van der Waals surface area contributed by atoms with Gasteiger partial charge in [0.05, 0.1) is 5.75 Å². The van der Waals surface area contributed by atoms with E-state index in [0.717, 1.165) is 4.31 Å². The molecule has 1 unspecified atom stereocenters. The number of carbonyl (C=O) groups is 1. The van der Waals surface area contributed by atoms with E-state index < -0.39 is 46.8 Å². The molecule has 1 aliphatic heterocycles. The van der Waals surface area contributed by atoms with E-state index in [4.69, 9.17) is 5.11 Å². The Morgan fingerprint density at radius 1 is 1.42 bits per heavy atom. The van der Waals surface area contributed by atoms with E-state index in [-0.39, 0.29) is 12.3 Å². The van der Waals surface area contributed by atoms with Crippen molar-refractivity contribution >= 4 is 27.8 Å². The largest absolute Gasteiger partial charge is 0.480 e. The summed E-state index contributed by atoms with van der Waals surface area (Å²) in [4.78, 5) is 10.9. The van der Waals surface area contributed by atoms with Gasteiger partial charge in [-0.25, -0.2) is 8.42 Å². The van der Waals surface area contributed by atoms with Gasteiger partial charge in [-0.05, 0) is 6.42 Å². The lowest BCUT2D eigenvalue weighted by molar-refractivity contribution is -0.141. The van der Waals surface area contributed by atoms with Crippen molar-refractivity contribution in [3.63, 3.8) is 0 Å². The molecule has 1 saturated heterocycles. The van der Waals surface area contributed by atoms with E-state index in [9.17, 15) is 26.4 Å². The third-order valence-corrected chi connectivity index (χ3v) is 5.56. The maximum Gasteiger partial charge on any atom is 0.389 e. The molecule has 0 saturated carbocycles. The number of nitrogens with zero attached hydrogens (tertiary/aromatic N) is 1. The maximum absolute atomic E-state index is 12.0. The zero-order valence-corrected chi connectivity index (χ0v) is 11.5. The molecule has 19 heavy (non-hydrogen) atoms. The maximum atomic E-state index is 12.0. The summed E-state index contributed by atoms with van der Waals surface area (Å²) < 4.78 is 60.5. The second kappa shape index (κ2) is 6.31. The lowest BCUT2D eigenvalue weighted by atomic mass is 10.3. The standard InChI is InChI=1S/C9H14F3NO4S2/c10-9(11,12)2-1-5-19(16,17)13-3-4-18-6-7(13)8(14)15/h7H,1-6H2,(H,14,15). The Kier molecular flexibility index (Phi) is 5.51. The molecule has 1 atom stereocenters. The number of rotatable bonds is 5. The average molecular weight is 321 g/mol. The minimum Gasteiger partial charge on any atom is -0.480 e. The van der Waals surface area contributed by atoms with Gasteiger partial charge in [0, 0.05) is 24.5 Å². The first-order chi connectivity index (χ1) is 8.63. The number of hydrogen-bond donors (Lipinski definition) is 1. The van der Waals surface area contributed by atoms with Crippen LogP contribution in [0.4, 0.5) is 13.2 Å². The monoisotopic (exact) mass is 321 g/mol. The van der Waals surface area contributed by atoms with Gasteiger partial charge in [0.25, 0.3) is 0 Å². The van der Waals surface area contributed by atoms with Gasteiger partial charge in [0.1, 0.15) is 6.04 Å². The quantitative estimate of drug-likeness (QED) is 0.822. The van der Waals surface area contributed by atoms with Gasteiger partial charge >= 0.3 is 12.1 Å². The molecule has 1 aliphatic rings. The third-order valence-electron chi connectivity index (χ3n) is 2.58. The smallest absolute Gasteiger partial charge is 0.389 e. The predicted molar refractivity (Wildman–Crippen MR) is 64.5 cm³/mol. The summed E-state index contributed by atoms with van der Waals surface area (Å²) in [5, 5.41) is 8.93. The molecule has 0 aromatic heterocycles. The van der Waals surface area contributed by atoms with Gasteiger partial charge in [-0.1, -0.05) is 0 Å². The highest BCUT2D eigenvalue weighted by molar-refractivity contribution is 7.99. The molecule has 0 amide bonds. The van der Waals surface area contributed by atoms with Crippen molar-refractivity contribution in [2.45, 2.75) is 25.1 Å². The van der Waals surface area contributed by atoms with Crippen LogP contribution in [0.2, 0.25) is 0 Å². The summed E-state index contributed by atoms with van der Waals surface area (Å²) in [6.07, 6.45) is -6.14. The summed E-state index contributed by atoms with van der Waals surface area (Å²) in [5.74, 6) is -1.39. The minimum atomic E-state index is -4.40. The minimum absolute atomic E-state index is 0.0238. The summed E-state index contributed by atoms with van der Waals surface area (Å²) >= 11 is 1.31. The van der Waals surface area contributed by atoms with Crippen LogP contribution in [-0.2, 0) is 14.8 Å². The van der Waals surface area contributed by atoms with Crippen LogP contribution in [0, 0.1) is 0 Å². The first-order valence-corrected chi connectivity index (χ1v) is 8.27. The molecule has 1 fully saturated rings. The topological polar surface area (TPSA) is 74.7 Å². The van der Waals surface area contributed by atoms with E-state index in [0.29, 0.717) is 5.75 Å². The van der Waals surface area contributed by atoms with Crippen molar-refractivity contribution in [3.05, 3.63) is 0 Å². The van der Waals surface area contributed by atoms with Crippen molar-refractivity contribution in [1.82, 2.24) is 4.31 Å². The summed E-state index contributed by atoms with van der Waals surface area (Å²) in [7, 11) is -3.96. The zero-order chi connectivity index (χ0) is 14.7. The molecular weight excluding hydrogens is 307 g/mol. The molecule has 112 valence electrons. The second-order valence-electron chi connectivity index (χ2n) is 4.07. The van der Waals surface area contributed by atoms with E-state index in [2.05, 4.69) is 0 Å². The SMILES string of the molecule is O=C(O)C1CSCCN1S(=O)(=O)CCCC(F)(F)F. The van der Waals surface area contributed by atoms with Crippen LogP contribution in [-0.4, -0.2) is 59.8 Å². The molecule has 1 N–H and O–H groups in total. The Bertz CT molecular complexity index is 424. The number of hydrogen-bond acceptors (Lipinski definition) is 4. The molecule has 0 aromatic carbocycles. The molecule has 10 heteroatoms. The van der Waals surface area contributed by atoms with E-state index in [1.54, 1.807) is 0 Å².